The zero-order valence-corrected chi connectivity index (χ0v) is 14.3. The van der Waals surface area contributed by atoms with Crippen molar-refractivity contribution in [1.82, 2.24) is 0 Å². The summed E-state index contributed by atoms with van der Waals surface area (Å²) in [6.45, 7) is 4.16. The Kier molecular flexibility index (Phi) is 5.07. The first-order valence-corrected chi connectivity index (χ1v) is 8.97. The van der Waals surface area contributed by atoms with Crippen molar-refractivity contribution in [3.05, 3.63) is 23.8 Å². The highest BCUT2D eigenvalue weighted by Crippen LogP contribution is 2.30. The van der Waals surface area contributed by atoms with Crippen molar-refractivity contribution in [3.63, 3.8) is 0 Å². The van der Waals surface area contributed by atoms with E-state index in [1.807, 2.05) is 6.07 Å². The van der Waals surface area contributed by atoms with Crippen molar-refractivity contribution in [2.75, 3.05) is 23.3 Å². The Hall–Kier alpha value is -2.04. The zero-order chi connectivity index (χ0) is 17.1. The maximum atomic E-state index is 12.3. The van der Waals surface area contributed by atoms with E-state index in [9.17, 15) is 14.7 Å². The molecular weight excluding hydrogens is 304 g/mol. The number of amides is 1. The van der Waals surface area contributed by atoms with Gasteiger partial charge in [-0.25, -0.2) is 4.79 Å². The van der Waals surface area contributed by atoms with Crippen LogP contribution in [-0.4, -0.2) is 30.1 Å². The summed E-state index contributed by atoms with van der Waals surface area (Å²) in [6, 6.07) is 5.36. The minimum atomic E-state index is -0.996. The molecule has 0 atom stereocenters. The maximum absolute atomic E-state index is 12.3. The second kappa shape index (κ2) is 7.24. The highest BCUT2D eigenvalue weighted by molar-refractivity contribution is 6.02. The molecule has 130 valence electrons. The topological polar surface area (TPSA) is 69.6 Å². The van der Waals surface area contributed by atoms with Gasteiger partial charge in [-0.1, -0.05) is 19.8 Å². The van der Waals surface area contributed by atoms with Crippen LogP contribution in [-0.2, 0) is 4.79 Å². The lowest BCUT2D eigenvalue weighted by atomic mass is 9.98. The van der Waals surface area contributed by atoms with Crippen molar-refractivity contribution in [1.29, 1.82) is 0 Å². The molecule has 1 amide bonds. The average Bonchev–Trinajstić information content (AvgIpc) is 3.10. The number of aromatic carboxylic acids is 1. The Balaban J connectivity index is 1.77. The molecule has 1 saturated heterocycles. The van der Waals surface area contributed by atoms with E-state index in [1.165, 1.54) is 0 Å². The van der Waals surface area contributed by atoms with E-state index < -0.39 is 5.97 Å². The molecule has 1 aromatic rings. The van der Waals surface area contributed by atoms with Crippen molar-refractivity contribution in [2.45, 2.75) is 45.4 Å². The Labute approximate surface area is 143 Å². The van der Waals surface area contributed by atoms with Crippen LogP contribution < -0.4 is 10.2 Å². The first-order chi connectivity index (χ1) is 11.5. The molecule has 5 heteroatoms. The SMILES string of the molecule is CC1CCN(c2ccc(NC(=O)C3CCCC3)c(C(=O)O)c2)CC1. The van der Waals surface area contributed by atoms with E-state index in [-0.39, 0.29) is 17.4 Å². The summed E-state index contributed by atoms with van der Waals surface area (Å²) in [7, 11) is 0. The van der Waals surface area contributed by atoms with Crippen LogP contribution in [0.1, 0.15) is 55.8 Å². The predicted molar refractivity (Wildman–Crippen MR) is 94.6 cm³/mol. The summed E-state index contributed by atoms with van der Waals surface area (Å²) in [5.74, 6) is -0.293. The van der Waals surface area contributed by atoms with Crippen LogP contribution in [0, 0.1) is 11.8 Å². The third kappa shape index (κ3) is 3.71. The van der Waals surface area contributed by atoms with Crippen LogP contribution in [0.2, 0.25) is 0 Å². The van der Waals surface area contributed by atoms with E-state index in [4.69, 9.17) is 0 Å². The van der Waals surface area contributed by atoms with Gasteiger partial charge in [-0.2, -0.15) is 0 Å². The molecule has 0 unspecified atom stereocenters. The number of nitrogens with zero attached hydrogens (tertiary/aromatic N) is 1. The fraction of sp³-hybridized carbons (Fsp3) is 0.579. The summed E-state index contributed by atoms with van der Waals surface area (Å²) in [5, 5.41) is 12.4. The third-order valence-corrected chi connectivity index (χ3v) is 5.37. The largest absolute Gasteiger partial charge is 0.478 e. The zero-order valence-electron chi connectivity index (χ0n) is 14.3. The number of anilines is 2. The molecule has 24 heavy (non-hydrogen) atoms. The fourth-order valence-corrected chi connectivity index (χ4v) is 3.70. The summed E-state index contributed by atoms with van der Waals surface area (Å²) in [5.41, 5.74) is 1.52. The predicted octanol–water partition coefficient (Wildman–Crippen LogP) is 3.75. The summed E-state index contributed by atoms with van der Waals surface area (Å²) in [6.07, 6.45) is 6.22. The average molecular weight is 330 g/mol. The fourth-order valence-electron chi connectivity index (χ4n) is 3.70. The molecule has 1 heterocycles. The summed E-state index contributed by atoms with van der Waals surface area (Å²) >= 11 is 0. The lowest BCUT2D eigenvalue weighted by Crippen LogP contribution is -2.33. The lowest BCUT2D eigenvalue weighted by Gasteiger charge is -2.32. The molecule has 3 rings (SSSR count). The maximum Gasteiger partial charge on any atom is 0.337 e. The monoisotopic (exact) mass is 330 g/mol. The van der Waals surface area contributed by atoms with Gasteiger partial charge in [0.2, 0.25) is 5.91 Å². The van der Waals surface area contributed by atoms with Crippen LogP contribution in [0.15, 0.2) is 18.2 Å². The molecular formula is C19H26N2O3. The normalized spacial score (nSPS) is 19.5. The van der Waals surface area contributed by atoms with Gasteiger partial charge in [0.25, 0.3) is 0 Å². The molecule has 2 fully saturated rings. The Morgan fingerprint density at radius 2 is 1.79 bits per heavy atom. The number of carboxylic acid groups (broad SMARTS) is 1. The number of nitrogens with one attached hydrogen (secondary N) is 1. The summed E-state index contributed by atoms with van der Waals surface area (Å²) in [4.78, 5) is 26.2. The molecule has 0 aromatic heterocycles. The van der Waals surface area contributed by atoms with Crippen molar-refractivity contribution in [3.8, 4) is 0 Å². The van der Waals surface area contributed by atoms with Crippen molar-refractivity contribution < 1.29 is 14.7 Å². The van der Waals surface area contributed by atoms with E-state index in [0.29, 0.717) is 5.69 Å². The highest BCUT2D eigenvalue weighted by atomic mass is 16.4. The second-order valence-corrected chi connectivity index (χ2v) is 7.18. The molecule has 0 bridgehead atoms. The number of rotatable bonds is 4. The van der Waals surface area contributed by atoms with E-state index in [0.717, 1.165) is 63.2 Å². The molecule has 0 spiro atoms. The number of hydrogen-bond acceptors (Lipinski definition) is 3. The Bertz CT molecular complexity index is 615. The molecule has 2 aliphatic rings. The molecule has 1 aromatic carbocycles. The number of carbonyl (C=O) groups is 2. The minimum absolute atomic E-state index is 0.0231. The van der Waals surface area contributed by atoms with E-state index in [2.05, 4.69) is 17.1 Å². The van der Waals surface area contributed by atoms with Gasteiger partial charge < -0.3 is 15.3 Å². The number of carboxylic acids is 1. The quantitative estimate of drug-likeness (QED) is 0.882. The van der Waals surface area contributed by atoms with Gasteiger partial charge in [-0.15, -0.1) is 0 Å². The number of benzene rings is 1. The second-order valence-electron chi connectivity index (χ2n) is 7.18. The first kappa shape index (κ1) is 16.8. The van der Waals surface area contributed by atoms with Crippen LogP contribution in [0.3, 0.4) is 0 Å². The smallest absolute Gasteiger partial charge is 0.337 e. The molecule has 1 aliphatic carbocycles. The molecule has 1 aliphatic heterocycles. The third-order valence-electron chi connectivity index (χ3n) is 5.37. The van der Waals surface area contributed by atoms with Crippen LogP contribution in [0.4, 0.5) is 11.4 Å². The minimum Gasteiger partial charge on any atom is -0.478 e. The standard InChI is InChI=1S/C19H26N2O3/c1-13-8-10-21(11-9-13)15-6-7-17(16(12-15)19(23)24)20-18(22)14-4-2-3-5-14/h6-7,12-14H,2-5,8-11H2,1H3,(H,20,22)(H,23,24). The number of piperidine rings is 1. The van der Waals surface area contributed by atoms with Crippen molar-refractivity contribution in [2.24, 2.45) is 11.8 Å². The summed E-state index contributed by atoms with van der Waals surface area (Å²) < 4.78 is 0. The van der Waals surface area contributed by atoms with Gasteiger partial charge >= 0.3 is 5.97 Å². The van der Waals surface area contributed by atoms with Gasteiger partial charge in [0.1, 0.15) is 0 Å². The Morgan fingerprint density at radius 3 is 2.42 bits per heavy atom. The van der Waals surface area contributed by atoms with Gasteiger partial charge in [0, 0.05) is 24.7 Å². The van der Waals surface area contributed by atoms with E-state index in [1.54, 1.807) is 12.1 Å². The Morgan fingerprint density at radius 1 is 1.12 bits per heavy atom. The van der Waals surface area contributed by atoms with Gasteiger partial charge in [-0.3, -0.25) is 4.79 Å². The highest BCUT2D eigenvalue weighted by Gasteiger charge is 2.25. The van der Waals surface area contributed by atoms with Crippen LogP contribution in [0.25, 0.3) is 0 Å². The molecule has 1 saturated carbocycles. The number of hydrogen-bond donors (Lipinski definition) is 2. The van der Waals surface area contributed by atoms with Crippen molar-refractivity contribution >= 4 is 23.3 Å². The van der Waals surface area contributed by atoms with Gasteiger partial charge in [0.05, 0.1) is 11.3 Å². The number of carbonyl (C=O) groups excluding carboxylic acids is 1. The van der Waals surface area contributed by atoms with Gasteiger partial charge in [-0.05, 0) is 49.8 Å². The van der Waals surface area contributed by atoms with Crippen LogP contribution in [0.5, 0.6) is 0 Å². The lowest BCUT2D eigenvalue weighted by molar-refractivity contribution is -0.119. The molecule has 2 N–H and O–H groups in total. The van der Waals surface area contributed by atoms with Crippen LogP contribution >= 0.6 is 0 Å². The molecule has 5 nitrogen and oxygen atoms in total. The molecule has 0 radical (unpaired) electrons. The van der Waals surface area contributed by atoms with Gasteiger partial charge in [0.15, 0.2) is 0 Å². The van der Waals surface area contributed by atoms with E-state index >= 15 is 0 Å². The first-order valence-electron chi connectivity index (χ1n) is 8.97.